The van der Waals surface area contributed by atoms with E-state index in [9.17, 15) is 29.2 Å². The molecular formula is C29H24F2N6O2. The molecule has 8 nitrogen and oxygen atoms in total. The number of aromatic nitrogens is 2. The summed E-state index contributed by atoms with van der Waals surface area (Å²) in [4.78, 5) is 21.4. The van der Waals surface area contributed by atoms with Gasteiger partial charge >= 0.3 is 0 Å². The van der Waals surface area contributed by atoms with E-state index in [-0.39, 0.29) is 36.0 Å². The Morgan fingerprint density at radius 2 is 1.59 bits per heavy atom. The fraction of sp³-hybridized carbons (Fsp3) is 0.241. The lowest BCUT2D eigenvalue weighted by atomic mass is 9.94. The van der Waals surface area contributed by atoms with Gasteiger partial charge in [-0.1, -0.05) is 24.3 Å². The SMILES string of the molecule is Cn1c(=O)c(C#N)c(N2CCN(C(c3ccc(F)cc3)c3ccc(F)cc3)C(CO)C2)c2nc(C#N)ccc21. The third kappa shape index (κ3) is 4.72. The van der Waals surface area contributed by atoms with Gasteiger partial charge in [0.25, 0.3) is 5.56 Å². The van der Waals surface area contributed by atoms with Crippen LogP contribution in [-0.2, 0) is 7.05 Å². The summed E-state index contributed by atoms with van der Waals surface area (Å²) < 4.78 is 28.8. The maximum absolute atomic E-state index is 13.8. The molecule has 10 heteroatoms. The van der Waals surface area contributed by atoms with Gasteiger partial charge in [-0.3, -0.25) is 9.69 Å². The van der Waals surface area contributed by atoms with Gasteiger partial charge in [0, 0.05) is 26.7 Å². The molecule has 1 fully saturated rings. The molecule has 1 N–H and O–H groups in total. The number of aliphatic hydroxyl groups excluding tert-OH is 1. The molecule has 0 spiro atoms. The van der Waals surface area contributed by atoms with Crippen LogP contribution in [0.1, 0.15) is 28.4 Å². The third-order valence-electron chi connectivity index (χ3n) is 7.20. The molecule has 0 radical (unpaired) electrons. The van der Waals surface area contributed by atoms with Gasteiger partial charge < -0.3 is 14.6 Å². The summed E-state index contributed by atoms with van der Waals surface area (Å²) in [5.41, 5.74) is 2.27. The monoisotopic (exact) mass is 526 g/mol. The minimum Gasteiger partial charge on any atom is -0.395 e. The first kappa shape index (κ1) is 26.0. The first-order valence-electron chi connectivity index (χ1n) is 12.3. The summed E-state index contributed by atoms with van der Waals surface area (Å²) in [6.07, 6.45) is 0. The Morgan fingerprint density at radius 3 is 2.13 bits per heavy atom. The molecule has 0 amide bonds. The highest BCUT2D eigenvalue weighted by atomic mass is 19.1. The van der Waals surface area contributed by atoms with E-state index >= 15 is 0 Å². The predicted molar refractivity (Wildman–Crippen MR) is 141 cm³/mol. The Kier molecular flexibility index (Phi) is 7.07. The fourth-order valence-electron chi connectivity index (χ4n) is 5.30. The van der Waals surface area contributed by atoms with Gasteiger partial charge in [-0.15, -0.1) is 0 Å². The van der Waals surface area contributed by atoms with Crippen molar-refractivity contribution in [2.24, 2.45) is 7.05 Å². The number of aryl methyl sites for hydroxylation is 1. The van der Waals surface area contributed by atoms with Crippen molar-refractivity contribution in [3.63, 3.8) is 0 Å². The number of hydrogen-bond donors (Lipinski definition) is 1. The summed E-state index contributed by atoms with van der Waals surface area (Å²) in [7, 11) is 1.55. The van der Waals surface area contributed by atoms with E-state index in [4.69, 9.17) is 0 Å². The average Bonchev–Trinajstić information content (AvgIpc) is 2.96. The number of nitrogens with zero attached hydrogens (tertiary/aromatic N) is 6. The molecule has 1 aliphatic rings. The van der Waals surface area contributed by atoms with Gasteiger partial charge in [-0.2, -0.15) is 10.5 Å². The van der Waals surface area contributed by atoms with E-state index < -0.39 is 17.6 Å². The van der Waals surface area contributed by atoms with Crippen molar-refractivity contribution in [1.29, 1.82) is 10.5 Å². The van der Waals surface area contributed by atoms with Crippen LogP contribution in [0, 0.1) is 34.3 Å². The normalized spacial score (nSPS) is 15.9. The lowest BCUT2D eigenvalue weighted by Gasteiger charge is -2.46. The molecule has 5 rings (SSSR count). The Bertz CT molecular complexity index is 1630. The molecule has 0 aliphatic carbocycles. The van der Waals surface area contributed by atoms with Crippen LogP contribution in [0.5, 0.6) is 0 Å². The van der Waals surface area contributed by atoms with Crippen LogP contribution < -0.4 is 10.5 Å². The average molecular weight is 527 g/mol. The van der Waals surface area contributed by atoms with E-state index in [0.29, 0.717) is 29.8 Å². The zero-order valence-electron chi connectivity index (χ0n) is 21.1. The number of piperazine rings is 1. The largest absolute Gasteiger partial charge is 0.395 e. The van der Waals surface area contributed by atoms with Crippen LogP contribution in [0.2, 0.25) is 0 Å². The Balaban J connectivity index is 1.59. The zero-order chi connectivity index (χ0) is 27.7. The molecule has 0 saturated carbocycles. The Morgan fingerprint density at radius 1 is 0.974 bits per heavy atom. The zero-order valence-corrected chi connectivity index (χ0v) is 21.1. The summed E-state index contributed by atoms with van der Waals surface area (Å²) in [6.45, 7) is 0.747. The standard InChI is InChI=1S/C29H24F2N6O2/c1-35-25-11-10-22(14-32)34-26(25)28(24(15-33)29(35)39)36-12-13-37(23(16-36)17-38)27(18-2-6-20(30)7-3-18)19-4-8-21(31)9-5-19/h2-11,23,27,38H,12-13,16-17H2,1H3. The van der Waals surface area contributed by atoms with Crippen LogP contribution in [0.3, 0.4) is 0 Å². The molecule has 1 aliphatic heterocycles. The van der Waals surface area contributed by atoms with Crippen molar-refractivity contribution in [2.45, 2.75) is 12.1 Å². The highest BCUT2D eigenvalue weighted by molar-refractivity contribution is 5.92. The number of hydrogen-bond acceptors (Lipinski definition) is 7. The summed E-state index contributed by atoms with van der Waals surface area (Å²) in [5, 5.41) is 29.9. The van der Waals surface area contributed by atoms with Gasteiger partial charge in [-0.25, -0.2) is 13.8 Å². The maximum atomic E-state index is 13.8. The number of benzene rings is 2. The van der Waals surface area contributed by atoms with Crippen molar-refractivity contribution in [2.75, 3.05) is 31.1 Å². The minimum absolute atomic E-state index is 0.0913. The maximum Gasteiger partial charge on any atom is 0.270 e. The topological polar surface area (TPSA) is 109 Å². The molecule has 39 heavy (non-hydrogen) atoms. The van der Waals surface area contributed by atoms with Crippen molar-refractivity contribution in [3.8, 4) is 12.1 Å². The minimum atomic E-state index is -0.481. The summed E-state index contributed by atoms with van der Waals surface area (Å²) in [5.74, 6) is -0.767. The Labute approximate surface area is 223 Å². The number of pyridine rings is 2. The molecular weight excluding hydrogens is 502 g/mol. The van der Waals surface area contributed by atoms with E-state index in [1.54, 1.807) is 37.4 Å². The van der Waals surface area contributed by atoms with E-state index in [0.717, 1.165) is 11.1 Å². The second-order valence-corrected chi connectivity index (χ2v) is 9.40. The molecule has 3 heterocycles. The Hall–Kier alpha value is -4.64. The quantitative estimate of drug-likeness (QED) is 0.425. The van der Waals surface area contributed by atoms with Gasteiger partial charge in [0.2, 0.25) is 0 Å². The third-order valence-corrected chi connectivity index (χ3v) is 7.20. The fourth-order valence-corrected chi connectivity index (χ4v) is 5.30. The number of rotatable bonds is 5. The first-order chi connectivity index (χ1) is 18.9. The molecule has 196 valence electrons. The van der Waals surface area contributed by atoms with Gasteiger partial charge in [-0.05, 0) is 47.5 Å². The molecule has 0 bridgehead atoms. The second kappa shape index (κ2) is 10.6. The molecule has 4 aromatic rings. The summed E-state index contributed by atoms with van der Waals surface area (Å²) in [6, 6.07) is 18.4. The van der Waals surface area contributed by atoms with E-state index in [1.165, 1.54) is 34.9 Å². The number of aliphatic hydroxyl groups is 1. The molecule has 1 atom stereocenters. The summed E-state index contributed by atoms with van der Waals surface area (Å²) >= 11 is 0. The predicted octanol–water partition coefficient (Wildman–Crippen LogP) is 3.23. The van der Waals surface area contributed by atoms with Crippen LogP contribution in [0.4, 0.5) is 14.5 Å². The molecule has 1 unspecified atom stereocenters. The van der Waals surface area contributed by atoms with Crippen LogP contribution >= 0.6 is 0 Å². The van der Waals surface area contributed by atoms with Crippen molar-refractivity contribution >= 4 is 16.7 Å². The number of anilines is 1. The molecule has 1 saturated heterocycles. The van der Waals surface area contributed by atoms with Crippen molar-refractivity contribution in [1.82, 2.24) is 14.5 Å². The highest BCUT2D eigenvalue weighted by Crippen LogP contribution is 2.35. The molecule has 2 aromatic heterocycles. The van der Waals surface area contributed by atoms with E-state index in [2.05, 4.69) is 9.88 Å². The van der Waals surface area contributed by atoms with Gasteiger partial charge in [0.15, 0.2) is 0 Å². The lowest BCUT2D eigenvalue weighted by molar-refractivity contribution is 0.0858. The smallest absolute Gasteiger partial charge is 0.270 e. The van der Waals surface area contributed by atoms with Crippen LogP contribution in [0.25, 0.3) is 11.0 Å². The van der Waals surface area contributed by atoms with Crippen LogP contribution in [-0.4, -0.2) is 51.8 Å². The van der Waals surface area contributed by atoms with Gasteiger partial charge in [0.05, 0.1) is 29.9 Å². The van der Waals surface area contributed by atoms with Crippen LogP contribution in [0.15, 0.2) is 65.5 Å². The number of halogens is 2. The van der Waals surface area contributed by atoms with E-state index in [1.807, 2.05) is 17.0 Å². The lowest BCUT2D eigenvalue weighted by Crippen LogP contribution is -2.56. The van der Waals surface area contributed by atoms with Gasteiger partial charge in [0.1, 0.15) is 40.5 Å². The highest BCUT2D eigenvalue weighted by Gasteiger charge is 2.35. The van der Waals surface area contributed by atoms with Crippen molar-refractivity contribution in [3.05, 3.63) is 105 Å². The molecule has 2 aromatic carbocycles. The second-order valence-electron chi connectivity index (χ2n) is 9.40. The van der Waals surface area contributed by atoms with Crippen molar-refractivity contribution < 1.29 is 13.9 Å². The first-order valence-corrected chi connectivity index (χ1v) is 12.3. The number of fused-ring (bicyclic) bond motifs is 1. The number of nitriles is 2.